The molecule has 0 fully saturated rings. The molecule has 1 aliphatic heterocycles. The SMILES string of the molecule is Cc1ncc(CN2CCNc3ccccc32)s1. The van der Waals surface area contributed by atoms with Crippen LogP contribution in [0.1, 0.15) is 9.88 Å². The molecule has 0 saturated heterocycles. The molecule has 1 aliphatic rings. The largest absolute Gasteiger partial charge is 0.382 e. The van der Waals surface area contributed by atoms with Crippen LogP contribution in [0.4, 0.5) is 11.4 Å². The summed E-state index contributed by atoms with van der Waals surface area (Å²) in [4.78, 5) is 8.06. The summed E-state index contributed by atoms with van der Waals surface area (Å²) in [6.45, 7) is 5.08. The van der Waals surface area contributed by atoms with Crippen molar-refractivity contribution < 1.29 is 0 Å². The second-order valence-corrected chi connectivity index (χ2v) is 5.53. The fourth-order valence-electron chi connectivity index (χ4n) is 2.18. The number of hydrogen-bond donors (Lipinski definition) is 1. The highest BCUT2D eigenvalue weighted by Crippen LogP contribution is 2.30. The van der Waals surface area contributed by atoms with Gasteiger partial charge in [0.05, 0.1) is 22.9 Å². The number of nitrogens with zero attached hydrogens (tertiary/aromatic N) is 2. The number of fused-ring (bicyclic) bond motifs is 1. The van der Waals surface area contributed by atoms with Crippen LogP contribution in [-0.2, 0) is 6.54 Å². The van der Waals surface area contributed by atoms with Crippen LogP contribution >= 0.6 is 11.3 Å². The predicted molar refractivity (Wildman–Crippen MR) is 72.8 cm³/mol. The normalized spacial score (nSPS) is 14.3. The Balaban J connectivity index is 1.85. The molecule has 17 heavy (non-hydrogen) atoms. The van der Waals surface area contributed by atoms with E-state index in [0.29, 0.717) is 0 Å². The molecule has 4 heteroatoms. The molecule has 0 unspecified atom stereocenters. The highest BCUT2D eigenvalue weighted by Gasteiger charge is 2.16. The van der Waals surface area contributed by atoms with Gasteiger partial charge >= 0.3 is 0 Å². The molecule has 0 bridgehead atoms. The first-order valence-electron chi connectivity index (χ1n) is 5.82. The molecule has 0 amide bonds. The van der Waals surface area contributed by atoms with E-state index in [1.165, 1.54) is 16.3 Å². The maximum atomic E-state index is 4.31. The van der Waals surface area contributed by atoms with E-state index in [4.69, 9.17) is 0 Å². The van der Waals surface area contributed by atoms with Gasteiger partial charge in [0.25, 0.3) is 0 Å². The van der Waals surface area contributed by atoms with Crippen LogP contribution in [0.5, 0.6) is 0 Å². The van der Waals surface area contributed by atoms with Crippen molar-refractivity contribution in [2.24, 2.45) is 0 Å². The van der Waals surface area contributed by atoms with Gasteiger partial charge in [-0.25, -0.2) is 4.98 Å². The van der Waals surface area contributed by atoms with E-state index in [1.807, 2.05) is 6.20 Å². The molecule has 1 N–H and O–H groups in total. The van der Waals surface area contributed by atoms with Crippen molar-refractivity contribution in [1.82, 2.24) is 4.98 Å². The smallest absolute Gasteiger partial charge is 0.0897 e. The Bertz CT molecular complexity index is 521. The van der Waals surface area contributed by atoms with E-state index < -0.39 is 0 Å². The molecule has 0 spiro atoms. The Kier molecular flexibility index (Phi) is 2.73. The van der Waals surface area contributed by atoms with Crippen molar-refractivity contribution in [3.05, 3.63) is 40.3 Å². The van der Waals surface area contributed by atoms with Crippen molar-refractivity contribution in [3.8, 4) is 0 Å². The van der Waals surface area contributed by atoms with E-state index in [-0.39, 0.29) is 0 Å². The van der Waals surface area contributed by atoms with Crippen LogP contribution in [0.25, 0.3) is 0 Å². The van der Waals surface area contributed by atoms with Gasteiger partial charge in [0.2, 0.25) is 0 Å². The third kappa shape index (κ3) is 2.13. The van der Waals surface area contributed by atoms with Crippen molar-refractivity contribution in [1.29, 1.82) is 0 Å². The number of hydrogen-bond acceptors (Lipinski definition) is 4. The summed E-state index contributed by atoms with van der Waals surface area (Å²) >= 11 is 1.78. The summed E-state index contributed by atoms with van der Waals surface area (Å²) in [5, 5.41) is 4.57. The number of para-hydroxylation sites is 2. The standard InChI is InChI=1S/C13H15N3S/c1-10-15-8-11(17-10)9-16-7-6-14-12-4-2-3-5-13(12)16/h2-5,8,14H,6-7,9H2,1H3. The number of rotatable bonds is 2. The number of benzene rings is 1. The maximum Gasteiger partial charge on any atom is 0.0897 e. The number of nitrogens with one attached hydrogen (secondary N) is 1. The molecule has 2 heterocycles. The van der Waals surface area contributed by atoms with E-state index in [9.17, 15) is 0 Å². The molecule has 0 radical (unpaired) electrons. The van der Waals surface area contributed by atoms with Crippen molar-refractivity contribution in [3.63, 3.8) is 0 Å². The molecule has 2 aromatic rings. The molecule has 0 saturated carbocycles. The van der Waals surface area contributed by atoms with Gasteiger partial charge in [-0.3, -0.25) is 0 Å². The molecule has 0 atom stereocenters. The zero-order chi connectivity index (χ0) is 11.7. The molecule has 1 aromatic heterocycles. The van der Waals surface area contributed by atoms with E-state index in [1.54, 1.807) is 11.3 Å². The average Bonchev–Trinajstić information content (AvgIpc) is 2.75. The minimum atomic E-state index is 0.962. The third-order valence-corrected chi connectivity index (χ3v) is 3.86. The molecule has 1 aromatic carbocycles. The number of aromatic nitrogens is 1. The summed E-state index contributed by atoms with van der Waals surface area (Å²) in [6, 6.07) is 8.48. The highest BCUT2D eigenvalue weighted by atomic mass is 32.1. The van der Waals surface area contributed by atoms with Crippen molar-refractivity contribution >= 4 is 22.7 Å². The molecule has 3 nitrogen and oxygen atoms in total. The number of anilines is 2. The second kappa shape index (κ2) is 4.37. The van der Waals surface area contributed by atoms with Crippen LogP contribution in [-0.4, -0.2) is 18.1 Å². The summed E-state index contributed by atoms with van der Waals surface area (Å²) in [5.41, 5.74) is 2.53. The van der Waals surface area contributed by atoms with Gasteiger partial charge in [-0.15, -0.1) is 11.3 Å². The van der Waals surface area contributed by atoms with Crippen molar-refractivity contribution in [2.75, 3.05) is 23.3 Å². The topological polar surface area (TPSA) is 28.2 Å². The second-order valence-electron chi connectivity index (χ2n) is 4.21. The highest BCUT2D eigenvalue weighted by molar-refractivity contribution is 7.11. The zero-order valence-corrected chi connectivity index (χ0v) is 10.6. The summed E-state index contributed by atoms with van der Waals surface area (Å²) in [6.07, 6.45) is 1.99. The Morgan fingerprint density at radius 3 is 3.12 bits per heavy atom. The van der Waals surface area contributed by atoms with Gasteiger partial charge in [-0.2, -0.15) is 0 Å². The molecular formula is C13H15N3S. The predicted octanol–water partition coefficient (Wildman–Crippen LogP) is 2.88. The van der Waals surface area contributed by atoms with Crippen LogP contribution in [0.3, 0.4) is 0 Å². The lowest BCUT2D eigenvalue weighted by Crippen LogP contribution is -2.33. The summed E-state index contributed by atoms with van der Waals surface area (Å²) in [5.74, 6) is 0. The Hall–Kier alpha value is -1.55. The van der Waals surface area contributed by atoms with Crippen LogP contribution in [0.15, 0.2) is 30.5 Å². The minimum absolute atomic E-state index is 0.962. The summed E-state index contributed by atoms with van der Waals surface area (Å²) in [7, 11) is 0. The fraction of sp³-hybridized carbons (Fsp3) is 0.308. The van der Waals surface area contributed by atoms with E-state index >= 15 is 0 Å². The van der Waals surface area contributed by atoms with Crippen LogP contribution < -0.4 is 10.2 Å². The molecule has 88 valence electrons. The van der Waals surface area contributed by atoms with Crippen LogP contribution in [0.2, 0.25) is 0 Å². The van der Waals surface area contributed by atoms with Gasteiger partial charge in [-0.05, 0) is 19.1 Å². The Morgan fingerprint density at radius 2 is 2.29 bits per heavy atom. The fourth-order valence-corrected chi connectivity index (χ4v) is 2.99. The van der Waals surface area contributed by atoms with Gasteiger partial charge in [0, 0.05) is 24.2 Å². The molecule has 3 rings (SSSR count). The monoisotopic (exact) mass is 245 g/mol. The van der Waals surface area contributed by atoms with Crippen LogP contribution in [0, 0.1) is 6.92 Å². The number of thiazole rings is 1. The quantitative estimate of drug-likeness (QED) is 0.881. The molecular weight excluding hydrogens is 230 g/mol. The number of aryl methyl sites for hydroxylation is 1. The van der Waals surface area contributed by atoms with Gasteiger partial charge in [0.1, 0.15) is 0 Å². The first-order chi connectivity index (χ1) is 8.33. The van der Waals surface area contributed by atoms with Gasteiger partial charge < -0.3 is 10.2 Å². The summed E-state index contributed by atoms with van der Waals surface area (Å²) < 4.78 is 0. The lowest BCUT2D eigenvalue weighted by atomic mass is 10.2. The first kappa shape index (κ1) is 10.6. The average molecular weight is 245 g/mol. The first-order valence-corrected chi connectivity index (χ1v) is 6.64. The Labute approximate surface area is 105 Å². The Morgan fingerprint density at radius 1 is 1.41 bits per heavy atom. The lowest BCUT2D eigenvalue weighted by Gasteiger charge is -2.31. The maximum absolute atomic E-state index is 4.31. The van der Waals surface area contributed by atoms with Crippen molar-refractivity contribution in [2.45, 2.75) is 13.5 Å². The van der Waals surface area contributed by atoms with Gasteiger partial charge in [-0.1, -0.05) is 12.1 Å². The molecule has 0 aliphatic carbocycles. The zero-order valence-electron chi connectivity index (χ0n) is 9.81. The van der Waals surface area contributed by atoms with E-state index in [0.717, 1.165) is 24.6 Å². The van der Waals surface area contributed by atoms with Gasteiger partial charge in [0.15, 0.2) is 0 Å². The third-order valence-electron chi connectivity index (χ3n) is 2.96. The minimum Gasteiger partial charge on any atom is -0.382 e. The lowest BCUT2D eigenvalue weighted by molar-refractivity contribution is 0.794. The van der Waals surface area contributed by atoms with E-state index in [2.05, 4.69) is 46.4 Å².